The summed E-state index contributed by atoms with van der Waals surface area (Å²) in [6.45, 7) is 8.03. The van der Waals surface area contributed by atoms with Gasteiger partial charge in [-0.3, -0.25) is 9.36 Å². The molecule has 2 aromatic carbocycles. The third kappa shape index (κ3) is 4.73. The van der Waals surface area contributed by atoms with Crippen molar-refractivity contribution in [2.24, 2.45) is 4.99 Å². The van der Waals surface area contributed by atoms with Crippen molar-refractivity contribution in [2.75, 3.05) is 20.8 Å². The van der Waals surface area contributed by atoms with Crippen LogP contribution in [-0.4, -0.2) is 31.4 Å². The van der Waals surface area contributed by atoms with Crippen LogP contribution < -0.4 is 24.4 Å². The maximum absolute atomic E-state index is 13.7. The monoisotopic (exact) mass is 506 g/mol. The molecular weight excluding hydrogens is 476 g/mol. The summed E-state index contributed by atoms with van der Waals surface area (Å²) in [5, 5.41) is 0. The smallest absolute Gasteiger partial charge is 0.338 e. The fourth-order valence-electron chi connectivity index (χ4n) is 4.26. The van der Waals surface area contributed by atoms with Gasteiger partial charge in [-0.05, 0) is 54.7 Å². The van der Waals surface area contributed by atoms with Gasteiger partial charge in [0.2, 0.25) is 0 Å². The number of rotatable bonds is 7. The number of methoxy groups -OCH3 is 2. The highest BCUT2D eigenvalue weighted by molar-refractivity contribution is 7.07. The summed E-state index contributed by atoms with van der Waals surface area (Å²) in [7, 11) is 3.15. The lowest BCUT2D eigenvalue weighted by Crippen LogP contribution is -2.39. The lowest BCUT2D eigenvalue weighted by molar-refractivity contribution is -0.139. The standard InChI is InChI=1S/C28H30N2O5S/c1-7-35-27(32)24-17(4)29-28-30(25(24)20-11-9-19(10-12-20)16(2)3)26(31)23(36-28)15-18-8-13-21(33-5)22(14-18)34-6/h8-16,25H,7H2,1-6H3/b23-15-/t25-/m1/s1. The van der Waals surface area contributed by atoms with Crippen LogP contribution in [0.3, 0.4) is 0 Å². The maximum atomic E-state index is 13.7. The Kier molecular flexibility index (Phi) is 7.45. The average Bonchev–Trinajstić information content (AvgIpc) is 3.17. The number of thiazole rings is 1. The lowest BCUT2D eigenvalue weighted by atomic mass is 9.93. The zero-order chi connectivity index (χ0) is 26.0. The summed E-state index contributed by atoms with van der Waals surface area (Å²) in [4.78, 5) is 31.9. The molecule has 2 heterocycles. The molecule has 8 heteroatoms. The first-order valence-corrected chi connectivity index (χ1v) is 12.6. The molecular formula is C28H30N2O5S. The Morgan fingerprint density at radius 2 is 1.81 bits per heavy atom. The van der Waals surface area contributed by atoms with Crippen molar-refractivity contribution in [2.45, 2.75) is 39.7 Å². The van der Waals surface area contributed by atoms with Crippen LogP contribution in [0.25, 0.3) is 6.08 Å². The van der Waals surface area contributed by atoms with E-state index in [0.717, 1.165) is 11.1 Å². The van der Waals surface area contributed by atoms with Crippen molar-refractivity contribution in [3.8, 4) is 11.5 Å². The molecule has 1 aliphatic heterocycles. The lowest BCUT2D eigenvalue weighted by Gasteiger charge is -2.25. The average molecular weight is 507 g/mol. The Labute approximate surface area is 214 Å². The molecule has 0 radical (unpaired) electrons. The zero-order valence-corrected chi connectivity index (χ0v) is 22.1. The molecule has 0 saturated carbocycles. The van der Waals surface area contributed by atoms with E-state index in [1.165, 1.54) is 16.9 Å². The van der Waals surface area contributed by atoms with Gasteiger partial charge >= 0.3 is 5.97 Å². The zero-order valence-electron chi connectivity index (χ0n) is 21.3. The first-order valence-electron chi connectivity index (χ1n) is 11.8. The van der Waals surface area contributed by atoms with E-state index >= 15 is 0 Å². The van der Waals surface area contributed by atoms with Crippen LogP contribution in [0.4, 0.5) is 0 Å². The normalized spacial score (nSPS) is 15.5. The molecule has 1 aliphatic rings. The van der Waals surface area contributed by atoms with Crippen LogP contribution in [0.1, 0.15) is 56.3 Å². The molecule has 7 nitrogen and oxygen atoms in total. The molecule has 0 unspecified atom stereocenters. The van der Waals surface area contributed by atoms with Crippen molar-refractivity contribution >= 4 is 23.4 Å². The largest absolute Gasteiger partial charge is 0.493 e. The van der Waals surface area contributed by atoms with Gasteiger partial charge in [-0.15, -0.1) is 0 Å². The molecule has 0 fully saturated rings. The second-order valence-electron chi connectivity index (χ2n) is 8.74. The van der Waals surface area contributed by atoms with E-state index < -0.39 is 12.0 Å². The van der Waals surface area contributed by atoms with E-state index in [9.17, 15) is 9.59 Å². The number of allylic oxidation sites excluding steroid dienone is 1. The summed E-state index contributed by atoms with van der Waals surface area (Å²) < 4.78 is 18.2. The molecule has 1 aromatic heterocycles. The van der Waals surface area contributed by atoms with Gasteiger partial charge in [0.25, 0.3) is 5.56 Å². The number of esters is 1. The Morgan fingerprint density at radius 1 is 1.11 bits per heavy atom. The molecule has 3 aromatic rings. The van der Waals surface area contributed by atoms with Gasteiger partial charge < -0.3 is 14.2 Å². The number of carbonyl (C=O) groups is 1. The highest BCUT2D eigenvalue weighted by Crippen LogP contribution is 2.32. The predicted octanol–water partition coefficient (Wildman–Crippen LogP) is 3.94. The van der Waals surface area contributed by atoms with E-state index in [1.54, 1.807) is 44.8 Å². The number of ether oxygens (including phenoxy) is 3. The predicted molar refractivity (Wildman–Crippen MR) is 140 cm³/mol. The number of aromatic nitrogens is 1. The molecule has 0 spiro atoms. The van der Waals surface area contributed by atoms with E-state index in [1.807, 2.05) is 36.4 Å². The van der Waals surface area contributed by atoms with Crippen molar-refractivity contribution in [1.82, 2.24) is 4.57 Å². The quantitative estimate of drug-likeness (QED) is 0.454. The van der Waals surface area contributed by atoms with Gasteiger partial charge in [-0.2, -0.15) is 0 Å². The Balaban J connectivity index is 1.91. The minimum absolute atomic E-state index is 0.222. The summed E-state index contributed by atoms with van der Waals surface area (Å²) in [5.41, 5.74) is 3.50. The molecule has 0 bridgehead atoms. The first-order chi connectivity index (χ1) is 17.3. The summed E-state index contributed by atoms with van der Waals surface area (Å²) >= 11 is 1.29. The van der Waals surface area contributed by atoms with Gasteiger partial charge in [0.05, 0.1) is 42.7 Å². The second-order valence-corrected chi connectivity index (χ2v) is 9.75. The van der Waals surface area contributed by atoms with Crippen LogP contribution in [0.5, 0.6) is 11.5 Å². The van der Waals surface area contributed by atoms with Crippen LogP contribution in [0.15, 0.2) is 63.5 Å². The first kappa shape index (κ1) is 25.4. The Morgan fingerprint density at radius 3 is 2.42 bits per heavy atom. The van der Waals surface area contributed by atoms with Crippen molar-refractivity contribution in [3.63, 3.8) is 0 Å². The minimum Gasteiger partial charge on any atom is -0.493 e. The van der Waals surface area contributed by atoms with E-state index in [0.29, 0.717) is 38.0 Å². The van der Waals surface area contributed by atoms with Crippen LogP contribution in [0, 0.1) is 0 Å². The van der Waals surface area contributed by atoms with Crippen molar-refractivity contribution in [3.05, 3.63) is 90.1 Å². The number of nitrogens with zero attached hydrogens (tertiary/aromatic N) is 2. The van der Waals surface area contributed by atoms with Crippen LogP contribution in [-0.2, 0) is 9.53 Å². The highest BCUT2D eigenvalue weighted by Gasteiger charge is 2.33. The number of hydrogen-bond acceptors (Lipinski definition) is 7. The molecule has 1 atom stereocenters. The molecule has 0 amide bonds. The SMILES string of the molecule is CCOC(=O)C1=C(C)N=c2s/c(=C\c3ccc(OC)c(OC)c3)c(=O)n2[C@@H]1c1ccc(C(C)C)cc1. The van der Waals surface area contributed by atoms with Gasteiger partial charge in [0.1, 0.15) is 0 Å². The molecule has 0 saturated heterocycles. The molecule has 188 valence electrons. The van der Waals surface area contributed by atoms with Gasteiger partial charge in [0.15, 0.2) is 16.3 Å². The third-order valence-corrected chi connectivity index (χ3v) is 7.12. The number of benzene rings is 2. The number of fused-ring (bicyclic) bond motifs is 1. The highest BCUT2D eigenvalue weighted by atomic mass is 32.1. The maximum Gasteiger partial charge on any atom is 0.338 e. The van der Waals surface area contributed by atoms with E-state index in [2.05, 4.69) is 18.8 Å². The summed E-state index contributed by atoms with van der Waals surface area (Å²) in [6.07, 6.45) is 1.80. The van der Waals surface area contributed by atoms with Gasteiger partial charge in [0, 0.05) is 0 Å². The van der Waals surface area contributed by atoms with E-state index in [-0.39, 0.29) is 12.2 Å². The van der Waals surface area contributed by atoms with Gasteiger partial charge in [-0.1, -0.05) is 55.5 Å². The van der Waals surface area contributed by atoms with Crippen molar-refractivity contribution in [1.29, 1.82) is 0 Å². The Bertz CT molecular complexity index is 1500. The second kappa shape index (κ2) is 10.5. The van der Waals surface area contributed by atoms with Gasteiger partial charge in [-0.25, -0.2) is 9.79 Å². The third-order valence-electron chi connectivity index (χ3n) is 6.14. The molecule has 36 heavy (non-hydrogen) atoms. The number of carbonyl (C=O) groups excluding carboxylic acids is 1. The fourth-order valence-corrected chi connectivity index (χ4v) is 5.31. The molecule has 0 N–H and O–H groups in total. The molecule has 4 rings (SSSR count). The van der Waals surface area contributed by atoms with Crippen molar-refractivity contribution < 1.29 is 19.0 Å². The van der Waals surface area contributed by atoms with E-state index in [4.69, 9.17) is 14.2 Å². The van der Waals surface area contributed by atoms with Crippen LogP contribution in [0.2, 0.25) is 0 Å². The Hall–Kier alpha value is -3.65. The van der Waals surface area contributed by atoms with Crippen LogP contribution >= 0.6 is 11.3 Å². The number of hydrogen-bond donors (Lipinski definition) is 0. The summed E-state index contributed by atoms with van der Waals surface area (Å²) in [6, 6.07) is 12.9. The topological polar surface area (TPSA) is 79.1 Å². The minimum atomic E-state index is -0.630. The fraction of sp³-hybridized carbons (Fsp3) is 0.321. The molecule has 0 aliphatic carbocycles. The summed E-state index contributed by atoms with van der Waals surface area (Å²) in [5.74, 6) is 1.08.